The molecule has 2 aromatic carbocycles. The van der Waals surface area contributed by atoms with E-state index in [4.69, 9.17) is 0 Å². The van der Waals surface area contributed by atoms with Crippen molar-refractivity contribution in [2.45, 2.75) is 6.54 Å². The van der Waals surface area contributed by atoms with Gasteiger partial charge in [-0.3, -0.25) is 9.78 Å². The number of aromatic nitrogens is 4. The highest BCUT2D eigenvalue weighted by Gasteiger charge is 2.18. The minimum Gasteiger partial charge on any atom is -0.324 e. The van der Waals surface area contributed by atoms with Gasteiger partial charge in [-0.2, -0.15) is 11.3 Å². The Morgan fingerprint density at radius 3 is 2.34 bits per heavy atom. The Morgan fingerprint density at radius 2 is 1.62 bits per heavy atom. The molecule has 3 heterocycles. The van der Waals surface area contributed by atoms with E-state index in [2.05, 4.69) is 32.1 Å². The molecule has 0 aliphatic rings. The SMILES string of the molecule is O=C(Cn1nnc(-c2ccncc2)c1-c1ccccc1)Nc1ccc(-c2ccsc2)cc1. The highest BCUT2D eigenvalue weighted by Crippen LogP contribution is 2.30. The minimum absolute atomic E-state index is 0.0502. The molecule has 0 radical (unpaired) electrons. The smallest absolute Gasteiger partial charge is 0.246 e. The number of hydrogen-bond acceptors (Lipinski definition) is 5. The number of anilines is 1. The molecule has 0 fully saturated rings. The number of carbonyl (C=O) groups is 1. The van der Waals surface area contributed by atoms with Crippen molar-refractivity contribution in [2.75, 3.05) is 5.32 Å². The van der Waals surface area contributed by atoms with Crippen LogP contribution in [0.15, 0.2) is 96.0 Å². The van der Waals surface area contributed by atoms with Crippen LogP contribution in [0.5, 0.6) is 0 Å². The first-order chi connectivity index (χ1) is 15.8. The van der Waals surface area contributed by atoms with Gasteiger partial charge >= 0.3 is 0 Å². The molecule has 0 bridgehead atoms. The minimum atomic E-state index is -0.170. The van der Waals surface area contributed by atoms with Crippen LogP contribution in [0.2, 0.25) is 0 Å². The first-order valence-electron chi connectivity index (χ1n) is 10.1. The molecule has 32 heavy (non-hydrogen) atoms. The predicted octanol–water partition coefficient (Wildman–Crippen LogP) is 5.37. The largest absolute Gasteiger partial charge is 0.324 e. The third kappa shape index (κ3) is 4.19. The van der Waals surface area contributed by atoms with Crippen LogP contribution in [0.3, 0.4) is 0 Å². The second-order valence-corrected chi connectivity index (χ2v) is 7.96. The molecule has 6 nitrogen and oxygen atoms in total. The number of hydrogen-bond donors (Lipinski definition) is 1. The third-order valence-corrected chi connectivity index (χ3v) is 5.74. The quantitative estimate of drug-likeness (QED) is 0.387. The summed E-state index contributed by atoms with van der Waals surface area (Å²) in [7, 11) is 0. The van der Waals surface area contributed by atoms with Gasteiger partial charge in [-0.15, -0.1) is 5.10 Å². The molecule has 0 aliphatic heterocycles. The standard InChI is InChI=1S/C25H19N5OS/c31-23(27-22-8-6-18(7-9-22)21-12-15-32-17-21)16-30-25(20-4-2-1-3-5-20)24(28-29-30)19-10-13-26-14-11-19/h1-15,17H,16H2,(H,27,31). The summed E-state index contributed by atoms with van der Waals surface area (Å²) in [5, 5.41) is 15.8. The number of amides is 1. The number of benzene rings is 2. The zero-order valence-electron chi connectivity index (χ0n) is 17.1. The summed E-state index contributed by atoms with van der Waals surface area (Å²) in [5.41, 5.74) is 6.38. The van der Waals surface area contributed by atoms with Crippen LogP contribution < -0.4 is 5.32 Å². The lowest BCUT2D eigenvalue weighted by Gasteiger charge is -2.10. The average molecular weight is 438 g/mol. The van der Waals surface area contributed by atoms with Crippen LogP contribution in [-0.4, -0.2) is 25.9 Å². The molecule has 1 amide bonds. The van der Waals surface area contributed by atoms with Gasteiger partial charge in [0.05, 0.1) is 5.69 Å². The monoisotopic (exact) mass is 437 g/mol. The first kappa shape index (κ1) is 19.8. The maximum Gasteiger partial charge on any atom is 0.246 e. The van der Waals surface area contributed by atoms with Crippen molar-refractivity contribution in [1.82, 2.24) is 20.0 Å². The van der Waals surface area contributed by atoms with Gasteiger partial charge in [-0.1, -0.05) is 47.7 Å². The van der Waals surface area contributed by atoms with Crippen LogP contribution >= 0.6 is 11.3 Å². The topological polar surface area (TPSA) is 72.7 Å². The zero-order chi connectivity index (χ0) is 21.8. The fourth-order valence-electron chi connectivity index (χ4n) is 3.52. The summed E-state index contributed by atoms with van der Waals surface area (Å²) in [6.07, 6.45) is 3.44. The Balaban J connectivity index is 1.39. The summed E-state index contributed by atoms with van der Waals surface area (Å²) < 4.78 is 1.64. The van der Waals surface area contributed by atoms with E-state index in [1.165, 1.54) is 5.56 Å². The van der Waals surface area contributed by atoms with E-state index in [1.54, 1.807) is 28.4 Å². The van der Waals surface area contributed by atoms with Gasteiger partial charge in [0.15, 0.2) is 0 Å². The number of rotatable bonds is 6. The van der Waals surface area contributed by atoms with Gasteiger partial charge in [-0.25, -0.2) is 4.68 Å². The second-order valence-electron chi connectivity index (χ2n) is 7.18. The summed E-state index contributed by atoms with van der Waals surface area (Å²) in [5.74, 6) is -0.170. The van der Waals surface area contributed by atoms with Gasteiger partial charge in [0.25, 0.3) is 0 Å². The van der Waals surface area contributed by atoms with Crippen LogP contribution in [0, 0.1) is 0 Å². The van der Waals surface area contributed by atoms with Gasteiger partial charge in [-0.05, 0) is 52.2 Å². The summed E-state index contributed by atoms with van der Waals surface area (Å²) in [6, 6.07) is 23.5. The molecule has 0 aliphatic carbocycles. The molecular formula is C25H19N5OS. The highest BCUT2D eigenvalue weighted by molar-refractivity contribution is 7.08. The van der Waals surface area contributed by atoms with Crippen molar-refractivity contribution in [3.8, 4) is 33.6 Å². The lowest BCUT2D eigenvalue weighted by atomic mass is 10.1. The molecule has 156 valence electrons. The summed E-state index contributed by atoms with van der Waals surface area (Å²) in [6.45, 7) is 0.0502. The molecule has 5 rings (SSSR count). The number of nitrogens with one attached hydrogen (secondary N) is 1. The van der Waals surface area contributed by atoms with E-state index in [0.29, 0.717) is 5.69 Å². The van der Waals surface area contributed by atoms with Gasteiger partial charge in [0.1, 0.15) is 12.2 Å². The maximum absolute atomic E-state index is 12.8. The summed E-state index contributed by atoms with van der Waals surface area (Å²) >= 11 is 1.66. The van der Waals surface area contributed by atoms with Gasteiger partial charge < -0.3 is 5.32 Å². The van der Waals surface area contributed by atoms with E-state index in [-0.39, 0.29) is 12.5 Å². The molecule has 0 saturated carbocycles. The Morgan fingerprint density at radius 1 is 0.844 bits per heavy atom. The van der Waals surface area contributed by atoms with Crippen LogP contribution in [0.4, 0.5) is 5.69 Å². The van der Waals surface area contributed by atoms with Crippen molar-refractivity contribution in [3.05, 3.63) is 96.0 Å². The number of thiophene rings is 1. The van der Waals surface area contributed by atoms with Crippen molar-refractivity contribution < 1.29 is 4.79 Å². The first-order valence-corrected chi connectivity index (χ1v) is 11.0. The average Bonchev–Trinajstić information content (AvgIpc) is 3.51. The fraction of sp³-hybridized carbons (Fsp3) is 0.0400. The van der Waals surface area contributed by atoms with E-state index < -0.39 is 0 Å². The van der Waals surface area contributed by atoms with Crippen LogP contribution in [0.25, 0.3) is 33.6 Å². The van der Waals surface area contributed by atoms with E-state index in [9.17, 15) is 4.79 Å². The number of pyridine rings is 1. The van der Waals surface area contributed by atoms with E-state index in [1.807, 2.05) is 72.1 Å². The molecule has 0 spiro atoms. The van der Waals surface area contributed by atoms with Crippen LogP contribution in [-0.2, 0) is 11.3 Å². The second kappa shape index (κ2) is 8.95. The lowest BCUT2D eigenvalue weighted by molar-refractivity contribution is -0.116. The Labute approximate surface area is 189 Å². The molecule has 0 saturated heterocycles. The normalized spacial score (nSPS) is 10.8. The number of nitrogens with zero attached hydrogens (tertiary/aromatic N) is 4. The molecule has 0 atom stereocenters. The van der Waals surface area contributed by atoms with Crippen molar-refractivity contribution >= 4 is 22.9 Å². The zero-order valence-corrected chi connectivity index (χ0v) is 17.9. The molecule has 7 heteroatoms. The Bertz CT molecular complexity index is 1310. The van der Waals surface area contributed by atoms with Gasteiger partial charge in [0.2, 0.25) is 5.91 Å². The van der Waals surface area contributed by atoms with E-state index >= 15 is 0 Å². The van der Waals surface area contributed by atoms with Crippen molar-refractivity contribution in [3.63, 3.8) is 0 Å². The van der Waals surface area contributed by atoms with E-state index in [0.717, 1.165) is 28.1 Å². The lowest BCUT2D eigenvalue weighted by Crippen LogP contribution is -2.20. The Hall–Kier alpha value is -4.10. The summed E-state index contributed by atoms with van der Waals surface area (Å²) in [4.78, 5) is 16.9. The van der Waals surface area contributed by atoms with Crippen molar-refractivity contribution in [2.24, 2.45) is 0 Å². The van der Waals surface area contributed by atoms with Crippen LogP contribution in [0.1, 0.15) is 0 Å². The third-order valence-electron chi connectivity index (χ3n) is 5.05. The molecule has 1 N–H and O–H groups in total. The number of carbonyl (C=O) groups excluding carboxylic acids is 1. The highest BCUT2D eigenvalue weighted by atomic mass is 32.1. The molecule has 0 unspecified atom stereocenters. The predicted molar refractivity (Wildman–Crippen MR) is 127 cm³/mol. The Kier molecular flexibility index (Phi) is 5.55. The molecule has 5 aromatic rings. The molecule has 3 aromatic heterocycles. The van der Waals surface area contributed by atoms with Gasteiger partial charge in [0, 0.05) is 29.2 Å². The maximum atomic E-state index is 12.8. The van der Waals surface area contributed by atoms with Crippen molar-refractivity contribution in [1.29, 1.82) is 0 Å². The molecular weight excluding hydrogens is 418 g/mol. The fourth-order valence-corrected chi connectivity index (χ4v) is 4.19.